The molecule has 0 unspecified atom stereocenters. The summed E-state index contributed by atoms with van der Waals surface area (Å²) >= 11 is 0. The fourth-order valence-electron chi connectivity index (χ4n) is 1.15. The van der Waals surface area contributed by atoms with Crippen LogP contribution in [0, 0.1) is 0 Å². The van der Waals surface area contributed by atoms with Gasteiger partial charge in [-0.15, -0.1) is 0 Å². The molecule has 0 radical (unpaired) electrons. The number of methoxy groups -OCH3 is 1. The SMILES string of the molecule is COC(=O)[C@H](C)NC(=O)C1=NNC(=O)CC1. The lowest BCUT2D eigenvalue weighted by Gasteiger charge is -2.14. The highest BCUT2D eigenvalue weighted by Gasteiger charge is 2.22. The smallest absolute Gasteiger partial charge is 0.328 e. The summed E-state index contributed by atoms with van der Waals surface area (Å²) in [5.74, 6) is -1.23. The number of hydrogen-bond acceptors (Lipinski definition) is 5. The Balaban J connectivity index is 2.53. The molecule has 2 N–H and O–H groups in total. The van der Waals surface area contributed by atoms with Crippen LogP contribution in [-0.4, -0.2) is 36.6 Å². The van der Waals surface area contributed by atoms with Gasteiger partial charge in [-0.1, -0.05) is 0 Å². The molecule has 0 aromatic rings. The molecule has 0 bridgehead atoms. The van der Waals surface area contributed by atoms with Crippen LogP contribution in [0.2, 0.25) is 0 Å². The first-order chi connectivity index (χ1) is 7.54. The normalized spacial score (nSPS) is 16.9. The molecule has 1 rings (SSSR count). The fourth-order valence-corrected chi connectivity index (χ4v) is 1.15. The molecule has 0 aliphatic carbocycles. The van der Waals surface area contributed by atoms with E-state index in [9.17, 15) is 14.4 Å². The Hall–Kier alpha value is -1.92. The lowest BCUT2D eigenvalue weighted by atomic mass is 10.1. The minimum Gasteiger partial charge on any atom is -0.467 e. The van der Waals surface area contributed by atoms with Crippen molar-refractivity contribution in [1.29, 1.82) is 0 Å². The molecule has 0 spiro atoms. The van der Waals surface area contributed by atoms with E-state index in [4.69, 9.17) is 0 Å². The average molecular weight is 227 g/mol. The van der Waals surface area contributed by atoms with E-state index in [2.05, 4.69) is 20.6 Å². The topological polar surface area (TPSA) is 96.9 Å². The minimum absolute atomic E-state index is 0.204. The number of hydrogen-bond donors (Lipinski definition) is 2. The van der Waals surface area contributed by atoms with Gasteiger partial charge in [-0.2, -0.15) is 5.10 Å². The van der Waals surface area contributed by atoms with E-state index >= 15 is 0 Å². The van der Waals surface area contributed by atoms with Gasteiger partial charge >= 0.3 is 5.97 Å². The van der Waals surface area contributed by atoms with Crippen molar-refractivity contribution in [3.63, 3.8) is 0 Å². The molecule has 0 saturated carbocycles. The summed E-state index contributed by atoms with van der Waals surface area (Å²) < 4.78 is 4.45. The van der Waals surface area contributed by atoms with Crippen molar-refractivity contribution in [3.05, 3.63) is 0 Å². The first kappa shape index (κ1) is 12.2. The van der Waals surface area contributed by atoms with Crippen LogP contribution < -0.4 is 10.7 Å². The maximum absolute atomic E-state index is 11.5. The predicted molar refractivity (Wildman–Crippen MR) is 54.4 cm³/mol. The van der Waals surface area contributed by atoms with Crippen molar-refractivity contribution >= 4 is 23.5 Å². The summed E-state index contributed by atoms with van der Waals surface area (Å²) in [5.41, 5.74) is 2.41. The first-order valence-corrected chi connectivity index (χ1v) is 4.78. The molecule has 7 nitrogen and oxygen atoms in total. The Kier molecular flexibility index (Phi) is 3.98. The van der Waals surface area contributed by atoms with Crippen LogP contribution in [0.4, 0.5) is 0 Å². The Morgan fingerprint density at radius 1 is 1.50 bits per heavy atom. The molecule has 7 heteroatoms. The van der Waals surface area contributed by atoms with Crippen molar-refractivity contribution in [1.82, 2.24) is 10.7 Å². The van der Waals surface area contributed by atoms with Gasteiger partial charge in [-0.3, -0.25) is 9.59 Å². The van der Waals surface area contributed by atoms with Gasteiger partial charge in [-0.05, 0) is 6.92 Å². The summed E-state index contributed by atoms with van der Waals surface area (Å²) in [6, 6.07) is -0.738. The third-order valence-electron chi connectivity index (χ3n) is 2.07. The second kappa shape index (κ2) is 5.24. The van der Waals surface area contributed by atoms with Crippen LogP contribution in [0.15, 0.2) is 5.10 Å². The number of amides is 2. The number of carbonyl (C=O) groups is 3. The highest BCUT2D eigenvalue weighted by molar-refractivity contribution is 6.39. The zero-order valence-corrected chi connectivity index (χ0v) is 9.07. The molecule has 2 amide bonds. The number of nitrogens with zero attached hydrogens (tertiary/aromatic N) is 1. The molecule has 1 heterocycles. The van der Waals surface area contributed by atoms with Crippen LogP contribution >= 0.6 is 0 Å². The van der Waals surface area contributed by atoms with Crippen LogP contribution in [0.5, 0.6) is 0 Å². The van der Waals surface area contributed by atoms with Gasteiger partial charge in [0.2, 0.25) is 5.91 Å². The molecule has 0 fully saturated rings. The van der Waals surface area contributed by atoms with Crippen LogP contribution in [-0.2, 0) is 19.1 Å². The largest absolute Gasteiger partial charge is 0.467 e. The lowest BCUT2D eigenvalue weighted by Crippen LogP contribution is -2.44. The predicted octanol–water partition coefficient (Wildman–Crippen LogP) is -1.07. The lowest BCUT2D eigenvalue weighted by molar-refractivity contribution is -0.143. The number of hydrazone groups is 1. The highest BCUT2D eigenvalue weighted by Crippen LogP contribution is 2.00. The number of nitrogens with one attached hydrogen (secondary N) is 2. The van der Waals surface area contributed by atoms with Crippen LogP contribution in [0.25, 0.3) is 0 Å². The molecule has 0 saturated heterocycles. The molecule has 1 aliphatic heterocycles. The zero-order chi connectivity index (χ0) is 12.1. The van der Waals surface area contributed by atoms with E-state index in [1.807, 2.05) is 0 Å². The van der Waals surface area contributed by atoms with Crippen LogP contribution in [0.3, 0.4) is 0 Å². The Labute approximate surface area is 92.2 Å². The van der Waals surface area contributed by atoms with E-state index in [1.165, 1.54) is 14.0 Å². The summed E-state index contributed by atoms with van der Waals surface area (Å²) in [5, 5.41) is 6.02. The van der Waals surface area contributed by atoms with E-state index in [0.29, 0.717) is 0 Å². The number of carbonyl (C=O) groups excluding carboxylic acids is 3. The number of ether oxygens (including phenoxy) is 1. The summed E-state index contributed by atoms with van der Waals surface area (Å²) in [7, 11) is 1.24. The van der Waals surface area contributed by atoms with Crippen molar-refractivity contribution in [2.75, 3.05) is 7.11 Å². The van der Waals surface area contributed by atoms with Gasteiger partial charge in [0.25, 0.3) is 5.91 Å². The third kappa shape index (κ3) is 3.04. The van der Waals surface area contributed by atoms with Crippen LogP contribution in [0.1, 0.15) is 19.8 Å². The summed E-state index contributed by atoms with van der Waals surface area (Å²) in [6.07, 6.45) is 0.490. The van der Waals surface area contributed by atoms with E-state index in [-0.39, 0.29) is 24.5 Å². The number of esters is 1. The highest BCUT2D eigenvalue weighted by atomic mass is 16.5. The van der Waals surface area contributed by atoms with Gasteiger partial charge in [0.05, 0.1) is 7.11 Å². The fraction of sp³-hybridized carbons (Fsp3) is 0.556. The second-order valence-electron chi connectivity index (χ2n) is 3.31. The third-order valence-corrected chi connectivity index (χ3v) is 2.07. The average Bonchev–Trinajstić information content (AvgIpc) is 2.28. The van der Waals surface area contributed by atoms with Crippen molar-refractivity contribution in [2.24, 2.45) is 5.10 Å². The second-order valence-corrected chi connectivity index (χ2v) is 3.31. The van der Waals surface area contributed by atoms with Gasteiger partial charge in [-0.25, -0.2) is 10.2 Å². The monoisotopic (exact) mass is 227 g/mol. The van der Waals surface area contributed by atoms with Gasteiger partial charge < -0.3 is 10.1 Å². The van der Waals surface area contributed by atoms with Gasteiger partial charge in [0.15, 0.2) is 0 Å². The first-order valence-electron chi connectivity index (χ1n) is 4.78. The Bertz CT molecular complexity index is 351. The summed E-state index contributed by atoms with van der Waals surface area (Å²) in [6.45, 7) is 1.51. The van der Waals surface area contributed by atoms with Crippen molar-refractivity contribution in [2.45, 2.75) is 25.8 Å². The molecule has 16 heavy (non-hydrogen) atoms. The maximum atomic E-state index is 11.5. The molecule has 0 aromatic heterocycles. The van der Waals surface area contributed by atoms with Crippen molar-refractivity contribution < 1.29 is 19.1 Å². The Morgan fingerprint density at radius 2 is 2.19 bits per heavy atom. The quantitative estimate of drug-likeness (QED) is 0.600. The minimum atomic E-state index is -0.738. The molecule has 1 atom stereocenters. The van der Waals surface area contributed by atoms with E-state index in [0.717, 1.165) is 0 Å². The molecular weight excluding hydrogens is 214 g/mol. The molecule has 0 aromatic carbocycles. The van der Waals surface area contributed by atoms with Gasteiger partial charge in [0.1, 0.15) is 11.8 Å². The van der Waals surface area contributed by atoms with E-state index in [1.54, 1.807) is 0 Å². The zero-order valence-electron chi connectivity index (χ0n) is 9.07. The molecular formula is C9H13N3O4. The standard InChI is InChI=1S/C9H13N3O4/c1-5(9(15)16-2)10-8(14)6-3-4-7(13)12-11-6/h5H,3-4H2,1-2H3,(H,10,14)(H,12,13)/t5-/m0/s1. The summed E-state index contributed by atoms with van der Waals surface area (Å²) in [4.78, 5) is 33.4. The van der Waals surface area contributed by atoms with Crippen molar-refractivity contribution in [3.8, 4) is 0 Å². The molecule has 88 valence electrons. The molecule has 1 aliphatic rings. The Morgan fingerprint density at radius 3 is 2.69 bits per heavy atom. The maximum Gasteiger partial charge on any atom is 0.328 e. The number of rotatable bonds is 3. The van der Waals surface area contributed by atoms with Gasteiger partial charge in [0, 0.05) is 12.8 Å². The van der Waals surface area contributed by atoms with E-state index < -0.39 is 17.9 Å².